The smallest absolute Gasteiger partial charge is 0.267 e. The quantitative estimate of drug-likeness (QED) is 0.634. The van der Waals surface area contributed by atoms with Crippen LogP contribution in [-0.2, 0) is 4.79 Å². The summed E-state index contributed by atoms with van der Waals surface area (Å²) in [5, 5.41) is 5.53. The number of carbonyl (C=O) groups excluding carboxylic acids is 2. The number of amides is 2. The lowest BCUT2D eigenvalue weighted by molar-refractivity contribution is -0.117. The molecule has 7 nitrogen and oxygen atoms in total. The van der Waals surface area contributed by atoms with Gasteiger partial charge >= 0.3 is 0 Å². The second kappa shape index (κ2) is 10.9. The summed E-state index contributed by atoms with van der Waals surface area (Å²) in [5.74, 6) is 0.379. The first-order valence-corrected chi connectivity index (χ1v) is 9.17. The molecule has 2 rings (SSSR count). The Morgan fingerprint density at radius 2 is 1.69 bits per heavy atom. The van der Waals surface area contributed by atoms with Crippen LogP contribution in [-0.4, -0.2) is 58.1 Å². The fourth-order valence-corrected chi connectivity index (χ4v) is 2.54. The van der Waals surface area contributed by atoms with Gasteiger partial charge in [-0.2, -0.15) is 0 Å². The summed E-state index contributed by atoms with van der Waals surface area (Å²) in [6, 6.07) is 14.0. The van der Waals surface area contributed by atoms with Crippen LogP contribution in [0.3, 0.4) is 0 Å². The molecule has 0 atom stereocenters. The summed E-state index contributed by atoms with van der Waals surface area (Å²) in [7, 11) is 6.93. The second-order valence-electron chi connectivity index (χ2n) is 6.55. The molecule has 0 heterocycles. The molecule has 7 heteroatoms. The molecule has 0 aliphatic carbocycles. The maximum absolute atomic E-state index is 12.7. The van der Waals surface area contributed by atoms with Crippen LogP contribution < -0.4 is 20.1 Å². The van der Waals surface area contributed by atoms with Crippen LogP contribution in [0.5, 0.6) is 11.5 Å². The van der Waals surface area contributed by atoms with Crippen molar-refractivity contribution in [3.05, 3.63) is 65.4 Å². The van der Waals surface area contributed by atoms with Crippen LogP contribution in [0, 0.1) is 0 Å². The van der Waals surface area contributed by atoms with Crippen molar-refractivity contribution in [3.8, 4) is 11.5 Å². The number of carbonyl (C=O) groups is 2. The molecule has 2 aromatic carbocycles. The lowest BCUT2D eigenvalue weighted by atomic mass is 10.1. The summed E-state index contributed by atoms with van der Waals surface area (Å²) in [6.07, 6.45) is 1.60. The highest BCUT2D eigenvalue weighted by molar-refractivity contribution is 6.05. The molecule has 0 spiro atoms. The number of nitrogens with zero attached hydrogens (tertiary/aromatic N) is 1. The number of nitrogens with one attached hydrogen (secondary N) is 2. The minimum absolute atomic E-state index is 0.143. The van der Waals surface area contributed by atoms with Crippen LogP contribution >= 0.6 is 0 Å². The maximum Gasteiger partial charge on any atom is 0.267 e. The molecular formula is C22H27N3O4. The summed E-state index contributed by atoms with van der Waals surface area (Å²) in [5.41, 5.74) is 1.30. The van der Waals surface area contributed by atoms with E-state index in [1.807, 2.05) is 25.1 Å². The van der Waals surface area contributed by atoms with E-state index in [0.717, 1.165) is 0 Å². The number of rotatable bonds is 9. The van der Waals surface area contributed by atoms with Crippen molar-refractivity contribution in [3.63, 3.8) is 0 Å². The largest absolute Gasteiger partial charge is 0.493 e. The number of methoxy groups -OCH3 is 2. The molecule has 154 valence electrons. The molecular weight excluding hydrogens is 370 g/mol. The van der Waals surface area contributed by atoms with Gasteiger partial charge in [-0.1, -0.05) is 24.3 Å². The third-order valence-corrected chi connectivity index (χ3v) is 4.09. The number of ether oxygens (including phenoxy) is 2. The lowest BCUT2D eigenvalue weighted by Gasteiger charge is -2.14. The van der Waals surface area contributed by atoms with Crippen molar-refractivity contribution in [2.75, 3.05) is 41.4 Å². The fourth-order valence-electron chi connectivity index (χ4n) is 2.54. The van der Waals surface area contributed by atoms with Gasteiger partial charge in [0.25, 0.3) is 11.8 Å². The van der Waals surface area contributed by atoms with Gasteiger partial charge in [0.05, 0.1) is 14.2 Å². The number of hydrogen-bond acceptors (Lipinski definition) is 5. The van der Waals surface area contributed by atoms with Gasteiger partial charge in [0.1, 0.15) is 5.70 Å². The molecule has 2 N–H and O–H groups in total. The van der Waals surface area contributed by atoms with Crippen LogP contribution in [0.4, 0.5) is 0 Å². The SMILES string of the molecule is COc1ccc(C=C(NC(=O)c2ccccc2)C(=O)NCCN(C)C)cc1OC. The number of hydrogen-bond donors (Lipinski definition) is 2. The van der Waals surface area contributed by atoms with E-state index >= 15 is 0 Å². The Hall–Kier alpha value is -3.32. The van der Waals surface area contributed by atoms with Crippen molar-refractivity contribution < 1.29 is 19.1 Å². The van der Waals surface area contributed by atoms with E-state index in [0.29, 0.717) is 35.7 Å². The zero-order chi connectivity index (χ0) is 21.2. The van der Waals surface area contributed by atoms with E-state index in [2.05, 4.69) is 10.6 Å². The lowest BCUT2D eigenvalue weighted by Crippen LogP contribution is -2.37. The van der Waals surface area contributed by atoms with E-state index in [9.17, 15) is 9.59 Å². The van der Waals surface area contributed by atoms with Crippen LogP contribution in [0.15, 0.2) is 54.2 Å². The Kier molecular flexibility index (Phi) is 8.24. The standard InChI is InChI=1S/C22H27N3O4/c1-25(2)13-12-23-22(27)18(24-21(26)17-8-6-5-7-9-17)14-16-10-11-19(28-3)20(15-16)29-4/h5-11,14-15H,12-13H2,1-4H3,(H,23,27)(H,24,26). The average Bonchev–Trinajstić information content (AvgIpc) is 2.73. The first kappa shape index (κ1) is 22.0. The van der Waals surface area contributed by atoms with Crippen molar-refractivity contribution in [2.45, 2.75) is 0 Å². The fraction of sp³-hybridized carbons (Fsp3) is 0.273. The Bertz CT molecular complexity index is 864. The summed E-state index contributed by atoms with van der Waals surface area (Å²) in [6.45, 7) is 1.14. The highest BCUT2D eigenvalue weighted by Gasteiger charge is 2.15. The van der Waals surface area contributed by atoms with E-state index in [1.54, 1.807) is 55.7 Å². The van der Waals surface area contributed by atoms with Gasteiger partial charge < -0.3 is 25.0 Å². The molecule has 0 aliphatic heterocycles. The number of likely N-dealkylation sites (N-methyl/N-ethyl adjacent to an activating group) is 1. The highest BCUT2D eigenvalue weighted by Crippen LogP contribution is 2.28. The Labute approximate surface area is 171 Å². The third-order valence-electron chi connectivity index (χ3n) is 4.09. The van der Waals surface area contributed by atoms with Gasteiger partial charge in [-0.25, -0.2) is 0 Å². The first-order chi connectivity index (χ1) is 13.9. The molecule has 0 saturated carbocycles. The van der Waals surface area contributed by atoms with E-state index in [4.69, 9.17) is 9.47 Å². The Morgan fingerprint density at radius 1 is 1.00 bits per heavy atom. The molecule has 0 saturated heterocycles. The predicted molar refractivity (Wildman–Crippen MR) is 113 cm³/mol. The molecule has 0 aliphatic rings. The number of benzene rings is 2. The van der Waals surface area contributed by atoms with Gasteiger partial charge in [0.2, 0.25) is 0 Å². The Morgan fingerprint density at radius 3 is 2.31 bits per heavy atom. The minimum Gasteiger partial charge on any atom is -0.493 e. The molecule has 0 fully saturated rings. The molecule has 0 aromatic heterocycles. The molecule has 29 heavy (non-hydrogen) atoms. The summed E-state index contributed by atoms with van der Waals surface area (Å²) >= 11 is 0. The topological polar surface area (TPSA) is 79.9 Å². The molecule has 2 amide bonds. The second-order valence-corrected chi connectivity index (χ2v) is 6.55. The molecule has 0 radical (unpaired) electrons. The van der Waals surface area contributed by atoms with Crippen LogP contribution in [0.2, 0.25) is 0 Å². The molecule has 0 unspecified atom stereocenters. The zero-order valence-corrected chi connectivity index (χ0v) is 17.2. The van der Waals surface area contributed by atoms with Gasteiger partial charge in [-0.3, -0.25) is 9.59 Å². The molecule has 2 aromatic rings. The minimum atomic E-state index is -0.370. The van der Waals surface area contributed by atoms with Crippen molar-refractivity contribution >= 4 is 17.9 Å². The summed E-state index contributed by atoms with van der Waals surface area (Å²) in [4.78, 5) is 27.2. The van der Waals surface area contributed by atoms with E-state index in [1.165, 1.54) is 7.11 Å². The monoisotopic (exact) mass is 397 g/mol. The first-order valence-electron chi connectivity index (χ1n) is 9.17. The Balaban J connectivity index is 2.29. The maximum atomic E-state index is 12.7. The van der Waals surface area contributed by atoms with E-state index in [-0.39, 0.29) is 17.5 Å². The zero-order valence-electron chi connectivity index (χ0n) is 17.2. The van der Waals surface area contributed by atoms with Crippen molar-refractivity contribution in [1.29, 1.82) is 0 Å². The predicted octanol–water partition coefficient (Wildman–Crippen LogP) is 2.15. The summed E-state index contributed by atoms with van der Waals surface area (Å²) < 4.78 is 10.6. The average molecular weight is 397 g/mol. The van der Waals surface area contributed by atoms with Crippen LogP contribution in [0.25, 0.3) is 6.08 Å². The van der Waals surface area contributed by atoms with Gasteiger partial charge in [0.15, 0.2) is 11.5 Å². The van der Waals surface area contributed by atoms with Crippen LogP contribution in [0.1, 0.15) is 15.9 Å². The molecule has 0 bridgehead atoms. The highest BCUT2D eigenvalue weighted by atomic mass is 16.5. The van der Waals surface area contributed by atoms with E-state index < -0.39 is 0 Å². The van der Waals surface area contributed by atoms with Crippen molar-refractivity contribution in [2.24, 2.45) is 0 Å². The van der Waals surface area contributed by atoms with Gasteiger partial charge in [0, 0.05) is 18.7 Å². The van der Waals surface area contributed by atoms with Gasteiger partial charge in [-0.15, -0.1) is 0 Å². The van der Waals surface area contributed by atoms with Gasteiger partial charge in [-0.05, 0) is 50.0 Å². The third kappa shape index (κ3) is 6.65. The normalized spacial score (nSPS) is 11.1. The van der Waals surface area contributed by atoms with Crippen molar-refractivity contribution in [1.82, 2.24) is 15.5 Å².